The summed E-state index contributed by atoms with van der Waals surface area (Å²) in [5, 5.41) is 3.68. The summed E-state index contributed by atoms with van der Waals surface area (Å²) in [6.07, 6.45) is -0.558. The molecule has 2 saturated heterocycles. The first-order valence-electron chi connectivity index (χ1n) is 4.14. The van der Waals surface area contributed by atoms with Crippen LogP contribution in [0.1, 0.15) is 12.8 Å². The normalized spacial score (nSPS) is 18.1. The van der Waals surface area contributed by atoms with E-state index in [4.69, 9.17) is 0 Å². The molecule has 0 aromatic carbocycles. The summed E-state index contributed by atoms with van der Waals surface area (Å²) < 4.78 is 0. The molecule has 0 bridgehead atoms. The smallest absolute Gasteiger partial charge is 0.294 e. The molecule has 4 N–H and O–H groups in total. The summed E-state index contributed by atoms with van der Waals surface area (Å²) in [5.74, 6) is -3.85. The molecule has 92 valence electrons. The van der Waals surface area contributed by atoms with Gasteiger partial charge in [-0.1, -0.05) is 0 Å². The number of carbonyl (C=O) groups excluding carboxylic acids is 6. The molecule has 0 aromatic rings. The van der Waals surface area contributed by atoms with Crippen LogP contribution in [0.3, 0.4) is 0 Å². The maximum Gasteiger partial charge on any atom is 0.294 e. The fraction of sp³-hybridized carbons (Fsp3) is 0.250. The largest absolute Gasteiger partial charge is 0.412 e. The average Bonchev–Trinajstić information content (AvgIpc) is 2.58. The zero-order valence-corrected chi connectivity index (χ0v) is 8.36. The van der Waals surface area contributed by atoms with Crippen molar-refractivity contribution in [2.75, 3.05) is 0 Å². The summed E-state index contributed by atoms with van der Waals surface area (Å²) in [6, 6.07) is 0. The average molecular weight is 244 g/mol. The quantitative estimate of drug-likeness (QED) is 0.254. The van der Waals surface area contributed by atoms with Gasteiger partial charge in [0.05, 0.1) is 12.8 Å². The molecular weight excluding hydrogens is 236 g/mol. The van der Waals surface area contributed by atoms with Crippen molar-refractivity contribution >= 4 is 35.2 Å². The van der Waals surface area contributed by atoms with Crippen molar-refractivity contribution in [3.63, 3.8) is 0 Å². The minimum atomic E-state index is -0.782. The number of nitrogens with one attached hydrogen (secondary N) is 2. The Morgan fingerprint density at radius 1 is 0.647 bits per heavy atom. The highest BCUT2D eigenvalue weighted by atomic mass is 16.2. The monoisotopic (exact) mass is 244 g/mol. The van der Waals surface area contributed by atoms with E-state index in [-0.39, 0.29) is 18.3 Å². The Bertz CT molecular complexity index is 350. The predicted octanol–water partition coefficient (Wildman–Crippen LogP) is -3.62. The van der Waals surface area contributed by atoms with Gasteiger partial charge in [0.25, 0.3) is 11.8 Å². The zero-order chi connectivity index (χ0) is 12.3. The lowest BCUT2D eigenvalue weighted by atomic mass is 10.3. The lowest BCUT2D eigenvalue weighted by molar-refractivity contribution is -0.135. The van der Waals surface area contributed by atoms with Crippen molar-refractivity contribution in [2.24, 2.45) is 0 Å². The van der Waals surface area contributed by atoms with Gasteiger partial charge in [-0.05, 0) is 0 Å². The number of imide groups is 2. The van der Waals surface area contributed by atoms with Crippen LogP contribution >= 0.6 is 0 Å². The maximum absolute atomic E-state index is 10.2. The van der Waals surface area contributed by atoms with Gasteiger partial charge < -0.3 is 5.48 Å². The van der Waals surface area contributed by atoms with E-state index in [0.717, 1.165) is 0 Å². The van der Waals surface area contributed by atoms with Crippen LogP contribution in [0.25, 0.3) is 0 Å². The van der Waals surface area contributed by atoms with E-state index in [1.807, 2.05) is 10.6 Å². The Morgan fingerprint density at radius 3 is 1.00 bits per heavy atom. The van der Waals surface area contributed by atoms with Crippen LogP contribution in [0.4, 0.5) is 0 Å². The fourth-order valence-electron chi connectivity index (χ4n) is 0.933. The van der Waals surface area contributed by atoms with E-state index >= 15 is 0 Å². The Kier molecular flexibility index (Phi) is 4.81. The van der Waals surface area contributed by atoms with E-state index in [2.05, 4.69) is 0 Å². The van der Waals surface area contributed by atoms with Gasteiger partial charge in [-0.15, -0.1) is 0 Å². The molecule has 2 heterocycles. The van der Waals surface area contributed by atoms with Crippen molar-refractivity contribution < 1.29 is 34.2 Å². The topological polar surface area (TPSA) is 158 Å². The third-order valence-corrected chi connectivity index (χ3v) is 1.65. The van der Waals surface area contributed by atoms with Gasteiger partial charge in [0.1, 0.15) is 0 Å². The lowest BCUT2D eigenvalue weighted by Crippen LogP contribution is -2.21. The highest BCUT2D eigenvalue weighted by Crippen LogP contribution is 1.92. The van der Waals surface area contributed by atoms with Crippen LogP contribution in [0, 0.1) is 0 Å². The first kappa shape index (κ1) is 14.6. The van der Waals surface area contributed by atoms with Crippen LogP contribution in [-0.4, -0.2) is 40.7 Å². The highest BCUT2D eigenvalue weighted by Gasteiger charge is 2.27. The van der Waals surface area contributed by atoms with Gasteiger partial charge in [0.2, 0.25) is 23.4 Å². The van der Waals surface area contributed by atoms with Crippen LogP contribution < -0.4 is 10.6 Å². The summed E-state index contributed by atoms with van der Waals surface area (Å²) in [6.45, 7) is 0. The van der Waals surface area contributed by atoms with Gasteiger partial charge >= 0.3 is 0 Å². The fourth-order valence-corrected chi connectivity index (χ4v) is 0.933. The predicted molar refractivity (Wildman–Crippen MR) is 49.2 cm³/mol. The number of Topliss-reactive ketones (excluding diaryl/α,β-unsaturated/α-hetero) is 2. The van der Waals surface area contributed by atoms with Gasteiger partial charge in [-0.25, -0.2) is 0 Å². The SMILES string of the molecule is O.O=C1CC(=O)C(=O)N1.O=C1CC(=O)C(=O)N1. The third kappa shape index (κ3) is 3.91. The van der Waals surface area contributed by atoms with Crippen LogP contribution in [0.2, 0.25) is 0 Å². The first-order chi connectivity index (χ1) is 7.40. The van der Waals surface area contributed by atoms with Crippen molar-refractivity contribution in [1.29, 1.82) is 0 Å². The standard InChI is InChI=1S/2C4H3NO3.H2O/c2*6-2-1-3(7)5-4(2)8;/h2*1H2,(H,5,7,8);1H2. The molecule has 0 atom stereocenters. The van der Waals surface area contributed by atoms with Crippen molar-refractivity contribution in [1.82, 2.24) is 10.6 Å². The summed E-state index contributed by atoms with van der Waals surface area (Å²) in [4.78, 5) is 60.7. The minimum Gasteiger partial charge on any atom is -0.412 e. The highest BCUT2D eigenvalue weighted by molar-refractivity contribution is 6.47. The maximum atomic E-state index is 10.2. The van der Waals surface area contributed by atoms with Gasteiger partial charge in [-0.3, -0.25) is 39.4 Å². The number of hydrogen-bond acceptors (Lipinski definition) is 6. The third-order valence-electron chi connectivity index (χ3n) is 1.65. The van der Waals surface area contributed by atoms with Crippen molar-refractivity contribution in [2.45, 2.75) is 12.8 Å². The van der Waals surface area contributed by atoms with Crippen molar-refractivity contribution in [3.8, 4) is 0 Å². The molecule has 9 heteroatoms. The molecule has 4 amide bonds. The Balaban J connectivity index is 0.000000284. The molecule has 0 radical (unpaired) electrons. The molecule has 0 unspecified atom stereocenters. The molecule has 2 fully saturated rings. The second-order valence-corrected chi connectivity index (χ2v) is 2.95. The second kappa shape index (κ2) is 5.61. The Morgan fingerprint density at radius 2 is 0.941 bits per heavy atom. The molecule has 2 aliphatic rings. The molecule has 2 aliphatic heterocycles. The van der Waals surface area contributed by atoms with E-state index < -0.39 is 35.2 Å². The van der Waals surface area contributed by atoms with Crippen LogP contribution in [0.15, 0.2) is 0 Å². The molecule has 0 saturated carbocycles. The van der Waals surface area contributed by atoms with Gasteiger partial charge in [0, 0.05) is 0 Å². The first-order valence-corrected chi connectivity index (χ1v) is 4.14. The van der Waals surface area contributed by atoms with Gasteiger partial charge in [0.15, 0.2) is 0 Å². The molecular formula is C8H8N2O7. The summed E-state index contributed by atoms with van der Waals surface area (Å²) in [5.41, 5.74) is 0. The Labute approximate surface area is 93.8 Å². The molecule has 0 aromatic heterocycles. The number of hydrogen-bond donors (Lipinski definition) is 2. The molecule has 2 rings (SSSR count). The lowest BCUT2D eigenvalue weighted by Gasteiger charge is -1.78. The summed E-state index contributed by atoms with van der Waals surface area (Å²) >= 11 is 0. The molecule has 17 heavy (non-hydrogen) atoms. The summed E-state index contributed by atoms with van der Waals surface area (Å²) in [7, 11) is 0. The molecule has 0 spiro atoms. The Hall–Kier alpha value is -2.42. The van der Waals surface area contributed by atoms with E-state index in [1.165, 1.54) is 0 Å². The van der Waals surface area contributed by atoms with E-state index in [1.54, 1.807) is 0 Å². The van der Waals surface area contributed by atoms with Crippen LogP contribution in [-0.2, 0) is 28.8 Å². The molecule has 9 nitrogen and oxygen atoms in total. The second-order valence-electron chi connectivity index (χ2n) is 2.95. The minimum absolute atomic E-state index is 0. The van der Waals surface area contributed by atoms with E-state index in [9.17, 15) is 28.8 Å². The number of carbonyl (C=O) groups is 6. The number of amides is 4. The number of ketones is 2. The van der Waals surface area contributed by atoms with Crippen LogP contribution in [0.5, 0.6) is 0 Å². The van der Waals surface area contributed by atoms with Crippen molar-refractivity contribution in [3.05, 3.63) is 0 Å². The zero-order valence-electron chi connectivity index (χ0n) is 8.36. The van der Waals surface area contributed by atoms with E-state index in [0.29, 0.717) is 0 Å². The molecule has 0 aliphatic carbocycles. The van der Waals surface area contributed by atoms with Gasteiger partial charge in [-0.2, -0.15) is 0 Å². The number of rotatable bonds is 0.